The highest BCUT2D eigenvalue weighted by Crippen LogP contribution is 2.43. The van der Waals surface area contributed by atoms with Crippen LogP contribution < -0.4 is 14.4 Å². The normalized spacial score (nSPS) is 18.9. The van der Waals surface area contributed by atoms with E-state index in [1.165, 1.54) is 11.8 Å². The number of carbonyl (C=O) groups is 1. The third kappa shape index (κ3) is 3.64. The largest absolute Gasteiger partial charge is 0.497 e. The van der Waals surface area contributed by atoms with Crippen LogP contribution in [0.2, 0.25) is 0 Å². The SMILES string of the molecule is COc1ccc(C2CC(=O)N3CN(c4ccc(OC)cc4)CSC3=C2C#N)cc1. The summed E-state index contributed by atoms with van der Waals surface area (Å²) in [6.07, 6.45) is 0.287. The van der Waals surface area contributed by atoms with Crippen LogP contribution in [0.4, 0.5) is 5.69 Å². The van der Waals surface area contributed by atoms with Gasteiger partial charge in [0.15, 0.2) is 0 Å². The number of rotatable bonds is 4. The van der Waals surface area contributed by atoms with Crippen LogP contribution >= 0.6 is 11.8 Å². The fourth-order valence-corrected chi connectivity index (χ4v) is 4.81. The minimum absolute atomic E-state index is 0.0329. The number of ether oxygens (including phenoxy) is 2. The van der Waals surface area contributed by atoms with Gasteiger partial charge in [0.05, 0.1) is 43.4 Å². The molecule has 1 amide bonds. The molecule has 0 aliphatic carbocycles. The molecule has 29 heavy (non-hydrogen) atoms. The molecule has 2 aromatic carbocycles. The minimum atomic E-state index is -0.218. The number of nitriles is 1. The van der Waals surface area contributed by atoms with Crippen LogP contribution in [0, 0.1) is 11.3 Å². The van der Waals surface area contributed by atoms with Crippen LogP contribution in [-0.4, -0.2) is 37.6 Å². The van der Waals surface area contributed by atoms with E-state index in [4.69, 9.17) is 9.47 Å². The quantitative estimate of drug-likeness (QED) is 0.765. The lowest BCUT2D eigenvalue weighted by Gasteiger charge is -2.42. The summed E-state index contributed by atoms with van der Waals surface area (Å²) in [6, 6.07) is 17.7. The smallest absolute Gasteiger partial charge is 0.229 e. The van der Waals surface area contributed by atoms with Crippen molar-refractivity contribution < 1.29 is 14.3 Å². The Kier molecular flexibility index (Phi) is 5.36. The number of carbonyl (C=O) groups excluding carboxylic acids is 1. The van der Waals surface area contributed by atoms with Crippen molar-refractivity contribution in [1.29, 1.82) is 5.26 Å². The fraction of sp³-hybridized carbons (Fsp3) is 0.273. The second-order valence-corrected chi connectivity index (χ2v) is 7.77. The highest BCUT2D eigenvalue weighted by atomic mass is 32.2. The first kappa shape index (κ1) is 19.2. The van der Waals surface area contributed by atoms with Gasteiger partial charge in [-0.2, -0.15) is 5.26 Å². The molecule has 1 atom stereocenters. The summed E-state index contributed by atoms with van der Waals surface area (Å²) >= 11 is 1.53. The van der Waals surface area contributed by atoms with Crippen molar-refractivity contribution in [2.24, 2.45) is 0 Å². The van der Waals surface area contributed by atoms with Gasteiger partial charge in [-0.05, 0) is 42.0 Å². The molecule has 0 radical (unpaired) electrons. The summed E-state index contributed by atoms with van der Waals surface area (Å²) in [4.78, 5) is 16.8. The summed E-state index contributed by atoms with van der Waals surface area (Å²) in [7, 11) is 3.25. The number of benzene rings is 2. The van der Waals surface area contributed by atoms with Crippen molar-refractivity contribution in [3.63, 3.8) is 0 Å². The van der Waals surface area contributed by atoms with Crippen LogP contribution in [0.15, 0.2) is 59.1 Å². The molecule has 6 nitrogen and oxygen atoms in total. The van der Waals surface area contributed by atoms with E-state index in [1.807, 2.05) is 48.5 Å². The molecule has 1 fully saturated rings. The molecule has 0 saturated carbocycles. The molecule has 0 bridgehead atoms. The molecule has 2 heterocycles. The van der Waals surface area contributed by atoms with Crippen molar-refractivity contribution in [2.75, 3.05) is 31.7 Å². The molecular formula is C22H21N3O3S. The monoisotopic (exact) mass is 407 g/mol. The maximum Gasteiger partial charge on any atom is 0.229 e. The Balaban J connectivity index is 1.61. The molecule has 2 aliphatic rings. The maximum absolute atomic E-state index is 13.0. The van der Waals surface area contributed by atoms with Crippen LogP contribution in [0.25, 0.3) is 0 Å². The van der Waals surface area contributed by atoms with Crippen molar-refractivity contribution in [3.8, 4) is 17.6 Å². The fourth-order valence-electron chi connectivity index (χ4n) is 3.64. The number of nitrogens with zero attached hydrogens (tertiary/aromatic N) is 3. The maximum atomic E-state index is 13.0. The van der Waals surface area contributed by atoms with Crippen molar-refractivity contribution in [2.45, 2.75) is 12.3 Å². The second-order valence-electron chi connectivity index (χ2n) is 6.83. The van der Waals surface area contributed by atoms with E-state index >= 15 is 0 Å². The number of hydrogen-bond donors (Lipinski definition) is 0. The molecule has 1 unspecified atom stereocenters. The first-order valence-corrected chi connectivity index (χ1v) is 10.2. The van der Waals surface area contributed by atoms with Crippen LogP contribution in [0.3, 0.4) is 0 Å². The molecule has 0 aromatic heterocycles. The average Bonchev–Trinajstić information content (AvgIpc) is 2.79. The minimum Gasteiger partial charge on any atom is -0.497 e. The number of thioether (sulfide) groups is 1. The Hall–Kier alpha value is -3.11. The number of anilines is 1. The number of fused-ring (bicyclic) bond motifs is 1. The first-order chi connectivity index (χ1) is 14.1. The van der Waals surface area contributed by atoms with Crippen molar-refractivity contribution in [1.82, 2.24) is 4.90 Å². The van der Waals surface area contributed by atoms with Gasteiger partial charge in [0.2, 0.25) is 5.91 Å². The molecule has 1 saturated heterocycles. The summed E-state index contributed by atoms with van der Waals surface area (Å²) in [5, 5.41) is 10.7. The molecule has 4 rings (SSSR count). The van der Waals surface area contributed by atoms with Gasteiger partial charge < -0.3 is 14.4 Å². The molecule has 0 spiro atoms. The third-order valence-electron chi connectivity index (χ3n) is 5.25. The number of amides is 1. The topological polar surface area (TPSA) is 65.8 Å². The van der Waals surface area contributed by atoms with Crippen LogP contribution in [0.1, 0.15) is 17.9 Å². The van der Waals surface area contributed by atoms with Gasteiger partial charge >= 0.3 is 0 Å². The van der Waals surface area contributed by atoms with Gasteiger partial charge in [-0.1, -0.05) is 23.9 Å². The Morgan fingerprint density at radius 1 is 1.03 bits per heavy atom. The van der Waals surface area contributed by atoms with Gasteiger partial charge in [0.25, 0.3) is 0 Å². The first-order valence-electron chi connectivity index (χ1n) is 9.25. The Bertz CT molecular complexity index is 980. The average molecular weight is 407 g/mol. The van der Waals surface area contributed by atoms with E-state index in [0.29, 0.717) is 18.1 Å². The Morgan fingerprint density at radius 2 is 1.66 bits per heavy atom. The zero-order chi connectivity index (χ0) is 20.4. The Labute approximate surface area is 174 Å². The van der Waals surface area contributed by atoms with E-state index in [1.54, 1.807) is 19.1 Å². The highest BCUT2D eigenvalue weighted by molar-refractivity contribution is 8.03. The predicted octanol–water partition coefficient (Wildman–Crippen LogP) is 3.92. The van der Waals surface area contributed by atoms with E-state index in [0.717, 1.165) is 27.8 Å². The predicted molar refractivity (Wildman–Crippen MR) is 113 cm³/mol. The van der Waals surface area contributed by atoms with Gasteiger partial charge in [-0.3, -0.25) is 9.69 Å². The standard InChI is InChI=1S/C22H21N3O3S/c1-27-17-7-3-15(4-8-17)19-11-21(26)25-13-24(14-29-22(25)20(19)12-23)16-5-9-18(28-2)10-6-16/h3-10,19H,11,13-14H2,1-2H3. The van der Waals surface area contributed by atoms with E-state index < -0.39 is 0 Å². The van der Waals surface area contributed by atoms with Crippen LogP contribution in [0.5, 0.6) is 11.5 Å². The number of methoxy groups -OCH3 is 2. The van der Waals surface area contributed by atoms with Crippen molar-refractivity contribution >= 4 is 23.4 Å². The molecule has 7 heteroatoms. The van der Waals surface area contributed by atoms with Crippen LogP contribution in [-0.2, 0) is 4.79 Å². The molecule has 2 aliphatic heterocycles. The summed E-state index contributed by atoms with van der Waals surface area (Å²) in [6.45, 7) is 0.439. The number of hydrogen-bond acceptors (Lipinski definition) is 6. The summed E-state index contributed by atoms with van der Waals surface area (Å²) < 4.78 is 10.4. The second kappa shape index (κ2) is 8.10. The zero-order valence-corrected chi connectivity index (χ0v) is 17.1. The zero-order valence-electron chi connectivity index (χ0n) is 16.3. The van der Waals surface area contributed by atoms with Gasteiger partial charge in [0.1, 0.15) is 11.5 Å². The van der Waals surface area contributed by atoms with Crippen molar-refractivity contribution in [3.05, 3.63) is 64.7 Å². The molecule has 2 aromatic rings. The third-order valence-corrected chi connectivity index (χ3v) is 6.40. The number of allylic oxidation sites excluding steroid dienone is 1. The summed E-state index contributed by atoms with van der Waals surface area (Å²) in [5.74, 6) is 2.04. The molecular weight excluding hydrogens is 386 g/mol. The van der Waals surface area contributed by atoms with E-state index in [-0.39, 0.29) is 18.2 Å². The van der Waals surface area contributed by atoms with E-state index in [9.17, 15) is 10.1 Å². The lowest BCUT2D eigenvalue weighted by Crippen LogP contribution is -2.47. The highest BCUT2D eigenvalue weighted by Gasteiger charge is 2.38. The lowest BCUT2D eigenvalue weighted by molar-refractivity contribution is -0.129. The molecule has 148 valence electrons. The van der Waals surface area contributed by atoms with Gasteiger partial charge in [-0.15, -0.1) is 0 Å². The lowest BCUT2D eigenvalue weighted by atomic mass is 9.86. The van der Waals surface area contributed by atoms with Gasteiger partial charge in [-0.25, -0.2) is 0 Å². The Morgan fingerprint density at radius 3 is 2.24 bits per heavy atom. The van der Waals surface area contributed by atoms with E-state index in [2.05, 4.69) is 11.0 Å². The summed E-state index contributed by atoms with van der Waals surface area (Å²) in [5.41, 5.74) is 2.64. The van der Waals surface area contributed by atoms with Gasteiger partial charge in [0, 0.05) is 18.0 Å². The molecule has 0 N–H and O–H groups in total.